The maximum absolute atomic E-state index is 14.8. The number of aromatic nitrogens is 4. The predicted molar refractivity (Wildman–Crippen MR) is 74.5 cm³/mol. The van der Waals surface area contributed by atoms with E-state index in [2.05, 4.69) is 15.5 Å². The third kappa shape index (κ3) is 2.28. The first-order valence-electron chi connectivity index (χ1n) is 6.19. The molecule has 2 aromatic rings. The molecule has 104 valence electrons. The van der Waals surface area contributed by atoms with E-state index < -0.39 is 11.2 Å². The van der Waals surface area contributed by atoms with Gasteiger partial charge in [0.05, 0.1) is 7.11 Å². The molecule has 0 unspecified atom stereocenters. The van der Waals surface area contributed by atoms with Gasteiger partial charge in [-0.3, -0.25) is 0 Å². The lowest BCUT2D eigenvalue weighted by atomic mass is 9.76. The van der Waals surface area contributed by atoms with Crippen LogP contribution in [0.1, 0.15) is 32.2 Å². The molecule has 0 saturated carbocycles. The molecule has 2 rings (SSSR count). The minimum atomic E-state index is -0.473. The fraction of sp³-hybridized carbons (Fsp3) is 0.462. The Hall–Kier alpha value is -1.92. The number of rotatable bonds is 2. The number of benzene rings is 1. The van der Waals surface area contributed by atoms with E-state index in [1.165, 1.54) is 17.9 Å². The third-order valence-electron chi connectivity index (χ3n) is 3.07. The number of nitrogens with zero attached hydrogens (tertiary/aromatic N) is 4. The van der Waals surface area contributed by atoms with Crippen LogP contribution in [0.3, 0.4) is 0 Å². The molecule has 0 amide bonds. The first-order chi connectivity index (χ1) is 9.27. The van der Waals surface area contributed by atoms with Gasteiger partial charge in [0, 0.05) is 6.07 Å². The minimum Gasteiger partial charge on any atom is -0.497 e. The Morgan fingerprint density at radius 3 is 2.45 bits per heavy atom. The van der Waals surface area contributed by atoms with E-state index in [1.807, 2.05) is 20.8 Å². The number of methoxy groups -OCH3 is 1. The van der Waals surface area contributed by atoms with Crippen LogP contribution in [0.15, 0.2) is 6.07 Å². The van der Waals surface area contributed by atoms with Crippen LogP contribution in [-0.2, 0) is 5.41 Å². The Labute approximate surface area is 118 Å². The molecule has 0 bridgehead atoms. The number of hydrogen-bond acceptors (Lipinski definition) is 4. The Bertz CT molecular complexity index is 649. The second-order valence-electron chi connectivity index (χ2n) is 5.59. The molecule has 5 nitrogen and oxygen atoms in total. The summed E-state index contributed by atoms with van der Waals surface area (Å²) in [5, 5.41) is 11.1. The van der Waals surface area contributed by atoms with Gasteiger partial charge < -0.3 is 4.74 Å². The molecule has 0 N–H and O–H groups in total. The number of halogens is 1. The number of aryl methyl sites for hydroxylation is 1. The molecule has 0 aliphatic heterocycles. The maximum Gasteiger partial charge on any atom is 0.153 e. The third-order valence-corrected chi connectivity index (χ3v) is 3.07. The van der Waals surface area contributed by atoms with Crippen molar-refractivity contribution in [3.8, 4) is 11.4 Å². The summed E-state index contributed by atoms with van der Waals surface area (Å²) >= 11 is 0. The second-order valence-corrected chi connectivity index (χ2v) is 5.59. The Morgan fingerprint density at radius 1 is 1.35 bits per heavy atom. The van der Waals surface area contributed by atoms with Gasteiger partial charge in [0.2, 0.25) is 0 Å². The van der Waals surface area contributed by atoms with Gasteiger partial charge in [-0.1, -0.05) is 20.8 Å². The summed E-state index contributed by atoms with van der Waals surface area (Å²) in [6, 6.07) is 1.50. The van der Waals surface area contributed by atoms with Crippen molar-refractivity contribution in [2.24, 2.45) is 0 Å². The molecule has 1 heterocycles. The smallest absolute Gasteiger partial charge is 0.153 e. The second kappa shape index (κ2) is 4.88. The number of ether oxygens (including phenoxy) is 1. The summed E-state index contributed by atoms with van der Waals surface area (Å²) in [6.45, 7) is 7.35. The van der Waals surface area contributed by atoms with Crippen LogP contribution < -0.4 is 10.2 Å². The highest BCUT2D eigenvalue weighted by molar-refractivity contribution is 6.35. The van der Waals surface area contributed by atoms with E-state index in [0.717, 1.165) is 0 Å². The van der Waals surface area contributed by atoms with Gasteiger partial charge in [-0.05, 0) is 33.8 Å². The molecule has 1 aromatic heterocycles. The van der Waals surface area contributed by atoms with Crippen LogP contribution in [0, 0.1) is 12.7 Å². The van der Waals surface area contributed by atoms with Crippen molar-refractivity contribution in [3.05, 3.63) is 23.3 Å². The van der Waals surface area contributed by atoms with Crippen LogP contribution in [0.25, 0.3) is 5.69 Å². The Kier molecular flexibility index (Phi) is 3.54. The molecule has 0 atom stereocenters. The predicted octanol–water partition coefficient (Wildman–Crippen LogP) is 1.21. The topological polar surface area (TPSA) is 52.8 Å². The molecular formula is C13H16BFN4O. The first kappa shape index (κ1) is 14.5. The summed E-state index contributed by atoms with van der Waals surface area (Å²) in [6.07, 6.45) is 0. The zero-order chi connectivity index (χ0) is 15.1. The lowest BCUT2D eigenvalue weighted by Crippen LogP contribution is -2.28. The molecule has 1 aromatic carbocycles. The molecular weight excluding hydrogens is 258 g/mol. The van der Waals surface area contributed by atoms with Crippen molar-refractivity contribution < 1.29 is 9.13 Å². The lowest BCUT2D eigenvalue weighted by Gasteiger charge is -2.25. The Morgan fingerprint density at radius 2 is 2.00 bits per heavy atom. The minimum absolute atomic E-state index is 0.225. The van der Waals surface area contributed by atoms with E-state index in [4.69, 9.17) is 12.6 Å². The van der Waals surface area contributed by atoms with E-state index in [9.17, 15) is 4.39 Å². The van der Waals surface area contributed by atoms with Crippen molar-refractivity contribution in [1.82, 2.24) is 20.2 Å². The molecule has 0 aliphatic carbocycles. The van der Waals surface area contributed by atoms with E-state index in [1.54, 1.807) is 6.92 Å². The van der Waals surface area contributed by atoms with E-state index in [-0.39, 0.29) is 5.69 Å². The van der Waals surface area contributed by atoms with Crippen LogP contribution in [0.4, 0.5) is 4.39 Å². The van der Waals surface area contributed by atoms with Gasteiger partial charge in [-0.15, -0.1) is 5.10 Å². The quantitative estimate of drug-likeness (QED) is 0.772. The fourth-order valence-corrected chi connectivity index (χ4v) is 2.15. The molecule has 0 aliphatic rings. The summed E-state index contributed by atoms with van der Waals surface area (Å²) in [5.74, 6) is 0.447. The SMILES string of the molecule is [B]c1c(OC)cc(-n2nnnc2C)c(F)c1C(C)(C)C. The highest BCUT2D eigenvalue weighted by Gasteiger charge is 2.26. The van der Waals surface area contributed by atoms with Gasteiger partial charge >= 0.3 is 0 Å². The fourth-order valence-electron chi connectivity index (χ4n) is 2.15. The normalized spacial score (nSPS) is 11.7. The first-order valence-corrected chi connectivity index (χ1v) is 6.19. The van der Waals surface area contributed by atoms with Crippen LogP contribution in [-0.4, -0.2) is 35.2 Å². The summed E-state index contributed by atoms with van der Waals surface area (Å²) < 4.78 is 21.4. The van der Waals surface area contributed by atoms with Gasteiger partial charge in [0.25, 0.3) is 0 Å². The van der Waals surface area contributed by atoms with Gasteiger partial charge in [0.1, 0.15) is 19.3 Å². The number of tetrazole rings is 1. The number of hydrogen-bond donors (Lipinski definition) is 0. The zero-order valence-corrected chi connectivity index (χ0v) is 12.2. The molecule has 0 saturated heterocycles. The standard InChI is InChI=1S/C13H16BFN4O/c1-7-16-17-18-19(7)8-6-9(20-5)11(14)10(12(8)15)13(2,3)4/h6H,1-5H3. The average Bonchev–Trinajstić information content (AvgIpc) is 2.74. The van der Waals surface area contributed by atoms with Gasteiger partial charge in [0.15, 0.2) is 11.6 Å². The monoisotopic (exact) mass is 274 g/mol. The van der Waals surface area contributed by atoms with Crippen LogP contribution in [0.2, 0.25) is 0 Å². The summed E-state index contributed by atoms with van der Waals surface area (Å²) in [7, 11) is 7.51. The summed E-state index contributed by atoms with van der Waals surface area (Å²) in [5.41, 5.74) is 0.441. The van der Waals surface area contributed by atoms with E-state index >= 15 is 0 Å². The van der Waals surface area contributed by atoms with Crippen molar-refractivity contribution >= 4 is 13.3 Å². The van der Waals surface area contributed by atoms with E-state index in [0.29, 0.717) is 22.6 Å². The zero-order valence-electron chi connectivity index (χ0n) is 12.2. The average molecular weight is 274 g/mol. The largest absolute Gasteiger partial charge is 0.497 e. The van der Waals surface area contributed by atoms with Crippen molar-refractivity contribution in [1.29, 1.82) is 0 Å². The van der Waals surface area contributed by atoms with Crippen LogP contribution in [0.5, 0.6) is 5.75 Å². The van der Waals surface area contributed by atoms with Crippen molar-refractivity contribution in [2.45, 2.75) is 33.1 Å². The highest BCUT2D eigenvalue weighted by Crippen LogP contribution is 2.30. The van der Waals surface area contributed by atoms with Crippen molar-refractivity contribution in [3.63, 3.8) is 0 Å². The highest BCUT2D eigenvalue weighted by atomic mass is 19.1. The molecule has 0 fully saturated rings. The summed E-state index contributed by atoms with van der Waals surface area (Å²) in [4.78, 5) is 0. The van der Waals surface area contributed by atoms with Crippen LogP contribution >= 0.6 is 0 Å². The maximum atomic E-state index is 14.8. The molecule has 2 radical (unpaired) electrons. The van der Waals surface area contributed by atoms with Gasteiger partial charge in [-0.25, -0.2) is 4.39 Å². The van der Waals surface area contributed by atoms with Crippen molar-refractivity contribution in [2.75, 3.05) is 7.11 Å². The molecule has 7 heteroatoms. The van der Waals surface area contributed by atoms with Gasteiger partial charge in [-0.2, -0.15) is 4.68 Å². The molecule has 20 heavy (non-hydrogen) atoms. The molecule has 0 spiro atoms. The Balaban J connectivity index is 2.81. The lowest BCUT2D eigenvalue weighted by molar-refractivity contribution is 0.413.